The average molecular weight is 148 g/mol. The van der Waals surface area contributed by atoms with Gasteiger partial charge in [-0.05, 0) is 12.8 Å². The minimum absolute atomic E-state index is 0.206. The maximum Gasteiger partial charge on any atom is 0.254 e. The van der Waals surface area contributed by atoms with E-state index >= 15 is 0 Å². The van der Waals surface area contributed by atoms with E-state index in [0.717, 1.165) is 19.3 Å². The predicted octanol–water partition coefficient (Wildman–Crippen LogP) is 3.08. The molecule has 0 spiro atoms. The molecule has 0 saturated heterocycles. The normalized spacial score (nSPS) is 39.6. The zero-order chi connectivity index (χ0) is 7.78. The van der Waals surface area contributed by atoms with Crippen LogP contribution in [0.4, 0.5) is 8.78 Å². The molecule has 2 aliphatic rings. The molecule has 0 radical (unpaired) electrons. The van der Waals surface area contributed by atoms with Crippen LogP contribution in [0.5, 0.6) is 0 Å². The highest BCUT2D eigenvalue weighted by Crippen LogP contribution is 2.63. The molecule has 0 aromatic rings. The van der Waals surface area contributed by atoms with E-state index in [1.54, 1.807) is 0 Å². The predicted molar refractivity (Wildman–Crippen MR) is 37.1 cm³/mol. The van der Waals surface area contributed by atoms with Crippen LogP contribution in [-0.4, -0.2) is 5.92 Å². The highest BCUT2D eigenvalue weighted by molar-refractivity contribution is 5.08. The third-order valence-corrected chi connectivity index (χ3v) is 2.40. The van der Waals surface area contributed by atoms with E-state index in [1.165, 1.54) is 0 Å². The van der Waals surface area contributed by atoms with E-state index in [9.17, 15) is 8.78 Å². The molecule has 0 heterocycles. The van der Waals surface area contributed by atoms with E-state index in [0.29, 0.717) is 0 Å². The molecule has 0 amide bonds. The molecule has 0 aromatic carbocycles. The summed E-state index contributed by atoms with van der Waals surface area (Å²) in [5.41, 5.74) is 0. The smallest absolute Gasteiger partial charge is 0.206 e. The van der Waals surface area contributed by atoms with Crippen molar-refractivity contribution in [2.75, 3.05) is 0 Å². The third kappa shape index (κ3) is 0.938. The molecule has 2 unspecified atom stereocenters. The van der Waals surface area contributed by atoms with Crippen molar-refractivity contribution in [3.63, 3.8) is 0 Å². The summed E-state index contributed by atoms with van der Waals surface area (Å²) in [5, 5.41) is 0. The van der Waals surface area contributed by atoms with Gasteiger partial charge in [0.15, 0.2) is 0 Å². The molecule has 0 aliphatic heterocycles. The van der Waals surface area contributed by atoms with Gasteiger partial charge in [0.05, 0.1) is 0 Å². The van der Waals surface area contributed by atoms with Gasteiger partial charge in [-0.25, -0.2) is 8.78 Å². The molecule has 10 heavy (non-hydrogen) atoms. The molecule has 2 heteroatoms. The Hall–Kier alpha value is -0.140. The molecular weight excluding hydrogens is 134 g/mol. The molecule has 2 atom stereocenters. The van der Waals surface area contributed by atoms with Crippen LogP contribution in [0, 0.1) is 11.8 Å². The standard InChI is InChI=1S/C6H8F2.C2H6/c7-6(8)4-2-1-3-5(4)6;1-2/h4-5H,1-3H2;1-2H3. The number of alkyl halides is 2. The monoisotopic (exact) mass is 148 g/mol. The summed E-state index contributed by atoms with van der Waals surface area (Å²) in [4.78, 5) is 0. The van der Waals surface area contributed by atoms with Crippen LogP contribution in [0.25, 0.3) is 0 Å². The van der Waals surface area contributed by atoms with E-state index in [1.807, 2.05) is 13.8 Å². The Balaban J connectivity index is 0.000000231. The lowest BCUT2D eigenvalue weighted by molar-refractivity contribution is 0.0728. The second-order valence-electron chi connectivity index (χ2n) is 2.82. The number of halogens is 2. The summed E-state index contributed by atoms with van der Waals surface area (Å²) >= 11 is 0. The van der Waals surface area contributed by atoms with Gasteiger partial charge in [0, 0.05) is 11.8 Å². The van der Waals surface area contributed by atoms with Crippen LogP contribution in [-0.2, 0) is 0 Å². The van der Waals surface area contributed by atoms with Crippen LogP contribution in [0.15, 0.2) is 0 Å². The van der Waals surface area contributed by atoms with E-state index in [-0.39, 0.29) is 11.8 Å². The van der Waals surface area contributed by atoms with Crippen LogP contribution < -0.4 is 0 Å². The molecule has 0 nitrogen and oxygen atoms in total. The SMILES string of the molecule is CC.FC1(F)C2CCCC21. The fourth-order valence-electron chi connectivity index (χ4n) is 1.81. The van der Waals surface area contributed by atoms with Crippen LogP contribution in [0.3, 0.4) is 0 Å². The Morgan fingerprint density at radius 3 is 1.70 bits per heavy atom. The molecule has 2 aliphatic carbocycles. The van der Waals surface area contributed by atoms with Crippen molar-refractivity contribution >= 4 is 0 Å². The van der Waals surface area contributed by atoms with Crippen molar-refractivity contribution in [1.29, 1.82) is 0 Å². The molecule has 2 saturated carbocycles. The van der Waals surface area contributed by atoms with Gasteiger partial charge >= 0.3 is 0 Å². The minimum Gasteiger partial charge on any atom is -0.206 e. The number of hydrogen-bond donors (Lipinski definition) is 0. The second kappa shape index (κ2) is 2.48. The van der Waals surface area contributed by atoms with Crippen molar-refractivity contribution in [2.45, 2.75) is 39.0 Å². The number of rotatable bonds is 0. The first-order valence-corrected chi connectivity index (χ1v) is 4.11. The topological polar surface area (TPSA) is 0 Å². The quantitative estimate of drug-likeness (QED) is 0.495. The van der Waals surface area contributed by atoms with Gasteiger partial charge in [-0.15, -0.1) is 0 Å². The van der Waals surface area contributed by atoms with Gasteiger partial charge in [-0.1, -0.05) is 20.3 Å². The Labute approximate surface area is 60.6 Å². The summed E-state index contributed by atoms with van der Waals surface area (Å²) in [6.45, 7) is 4.00. The second-order valence-corrected chi connectivity index (χ2v) is 2.82. The number of fused-ring (bicyclic) bond motifs is 1. The molecule has 2 fully saturated rings. The highest BCUT2D eigenvalue weighted by Gasteiger charge is 2.69. The van der Waals surface area contributed by atoms with Crippen LogP contribution in [0.1, 0.15) is 33.1 Å². The first-order chi connectivity index (χ1) is 4.73. The van der Waals surface area contributed by atoms with Gasteiger partial charge in [0.1, 0.15) is 0 Å². The Morgan fingerprint density at radius 1 is 1.10 bits per heavy atom. The van der Waals surface area contributed by atoms with Gasteiger partial charge in [-0.2, -0.15) is 0 Å². The third-order valence-electron chi connectivity index (χ3n) is 2.40. The molecule has 2 rings (SSSR count). The summed E-state index contributed by atoms with van der Waals surface area (Å²) < 4.78 is 24.5. The highest BCUT2D eigenvalue weighted by atomic mass is 19.3. The van der Waals surface area contributed by atoms with Gasteiger partial charge in [-0.3, -0.25) is 0 Å². The first kappa shape index (κ1) is 7.96. The van der Waals surface area contributed by atoms with Crippen LogP contribution >= 0.6 is 0 Å². The van der Waals surface area contributed by atoms with Gasteiger partial charge < -0.3 is 0 Å². The zero-order valence-electron chi connectivity index (χ0n) is 6.53. The number of hydrogen-bond acceptors (Lipinski definition) is 0. The van der Waals surface area contributed by atoms with Crippen molar-refractivity contribution < 1.29 is 8.78 Å². The Morgan fingerprint density at radius 2 is 1.50 bits per heavy atom. The lowest BCUT2D eigenvalue weighted by Crippen LogP contribution is -1.98. The minimum atomic E-state index is -2.24. The maximum absolute atomic E-state index is 12.2. The fourth-order valence-corrected chi connectivity index (χ4v) is 1.81. The van der Waals surface area contributed by atoms with Crippen molar-refractivity contribution in [3.05, 3.63) is 0 Å². The molecule has 0 bridgehead atoms. The largest absolute Gasteiger partial charge is 0.254 e. The van der Waals surface area contributed by atoms with Crippen molar-refractivity contribution in [1.82, 2.24) is 0 Å². The molecule has 60 valence electrons. The molecule has 0 aromatic heterocycles. The lowest BCUT2D eigenvalue weighted by atomic mass is 10.2. The lowest BCUT2D eigenvalue weighted by Gasteiger charge is -1.96. The van der Waals surface area contributed by atoms with E-state index in [4.69, 9.17) is 0 Å². The molecule has 0 N–H and O–H groups in total. The summed E-state index contributed by atoms with van der Waals surface area (Å²) in [5.74, 6) is -2.65. The average Bonchev–Trinajstić information content (AvgIpc) is 2.42. The van der Waals surface area contributed by atoms with E-state index < -0.39 is 5.92 Å². The van der Waals surface area contributed by atoms with E-state index in [2.05, 4.69) is 0 Å². The fraction of sp³-hybridized carbons (Fsp3) is 1.00. The Bertz CT molecular complexity index is 108. The summed E-state index contributed by atoms with van der Waals surface area (Å²) in [7, 11) is 0. The Kier molecular flexibility index (Phi) is 1.97. The maximum atomic E-state index is 12.2. The summed E-state index contributed by atoms with van der Waals surface area (Å²) in [6, 6.07) is 0. The van der Waals surface area contributed by atoms with Crippen LogP contribution in [0.2, 0.25) is 0 Å². The zero-order valence-corrected chi connectivity index (χ0v) is 6.53. The van der Waals surface area contributed by atoms with Crippen molar-refractivity contribution in [2.24, 2.45) is 11.8 Å². The van der Waals surface area contributed by atoms with Gasteiger partial charge in [0.2, 0.25) is 0 Å². The van der Waals surface area contributed by atoms with Crippen molar-refractivity contribution in [3.8, 4) is 0 Å². The van der Waals surface area contributed by atoms with Gasteiger partial charge in [0.25, 0.3) is 5.92 Å². The first-order valence-electron chi connectivity index (χ1n) is 4.11. The molecular formula is C8H14F2. The summed E-state index contributed by atoms with van der Waals surface area (Å²) in [6.07, 6.45) is 2.58.